The minimum Gasteiger partial charge on any atom is -0.484 e. The normalized spacial score (nSPS) is 17.5. The van der Waals surface area contributed by atoms with Gasteiger partial charge < -0.3 is 14.7 Å². The van der Waals surface area contributed by atoms with Crippen LogP contribution >= 0.6 is 11.8 Å². The van der Waals surface area contributed by atoms with Crippen molar-refractivity contribution >= 4 is 29.3 Å². The first-order valence-corrected chi connectivity index (χ1v) is 7.12. The summed E-state index contributed by atoms with van der Waals surface area (Å²) >= 11 is 1.37. The van der Waals surface area contributed by atoms with Crippen molar-refractivity contribution in [1.29, 1.82) is 0 Å². The fourth-order valence-corrected chi connectivity index (χ4v) is 2.96. The monoisotopic (exact) mass is 312 g/mol. The summed E-state index contributed by atoms with van der Waals surface area (Å²) in [4.78, 5) is 34.1. The summed E-state index contributed by atoms with van der Waals surface area (Å²) in [7, 11) is 0. The van der Waals surface area contributed by atoms with Gasteiger partial charge in [0.1, 0.15) is 11.8 Å². The summed E-state index contributed by atoms with van der Waals surface area (Å²) in [5, 5.41) is 19.5. The molecule has 8 nitrogen and oxygen atoms in total. The molecule has 1 aliphatic heterocycles. The summed E-state index contributed by atoms with van der Waals surface area (Å²) in [6.07, 6.45) is 0. The Morgan fingerprint density at radius 2 is 2.10 bits per heavy atom. The van der Waals surface area contributed by atoms with Gasteiger partial charge in [-0.2, -0.15) is 0 Å². The zero-order valence-corrected chi connectivity index (χ0v) is 11.6. The number of carboxylic acid groups (broad SMARTS) is 1. The molecule has 1 N–H and O–H groups in total. The SMILES string of the molecule is O=C(O)C1CSCN1C(=O)COc1ccc([N+](=O)[O-])cc1. The van der Waals surface area contributed by atoms with Crippen molar-refractivity contribution in [3.05, 3.63) is 34.4 Å². The Hall–Kier alpha value is -2.29. The number of carboxylic acids is 1. The number of ether oxygens (including phenoxy) is 1. The maximum atomic E-state index is 11.9. The Balaban J connectivity index is 1.91. The van der Waals surface area contributed by atoms with Crippen LogP contribution in [0.3, 0.4) is 0 Å². The summed E-state index contributed by atoms with van der Waals surface area (Å²) in [6, 6.07) is 4.48. The Morgan fingerprint density at radius 3 is 2.67 bits per heavy atom. The number of benzene rings is 1. The lowest BCUT2D eigenvalue weighted by Crippen LogP contribution is -2.43. The van der Waals surface area contributed by atoms with Crippen LogP contribution in [0.4, 0.5) is 5.69 Å². The van der Waals surface area contributed by atoms with Gasteiger partial charge in [0.15, 0.2) is 6.61 Å². The van der Waals surface area contributed by atoms with Crippen LogP contribution in [0.2, 0.25) is 0 Å². The molecule has 1 unspecified atom stereocenters. The molecule has 0 spiro atoms. The molecule has 0 aromatic heterocycles. The lowest BCUT2D eigenvalue weighted by Gasteiger charge is -2.20. The number of carbonyl (C=O) groups excluding carboxylic acids is 1. The molecule has 0 aliphatic carbocycles. The van der Waals surface area contributed by atoms with E-state index in [1.165, 1.54) is 40.9 Å². The van der Waals surface area contributed by atoms with E-state index >= 15 is 0 Å². The Kier molecular flexibility index (Phi) is 4.63. The van der Waals surface area contributed by atoms with E-state index < -0.39 is 22.8 Å². The highest BCUT2D eigenvalue weighted by Crippen LogP contribution is 2.22. The Bertz CT molecular complexity index is 561. The van der Waals surface area contributed by atoms with Gasteiger partial charge in [-0.1, -0.05) is 0 Å². The highest BCUT2D eigenvalue weighted by atomic mass is 32.2. The van der Waals surface area contributed by atoms with Gasteiger partial charge in [0.25, 0.3) is 11.6 Å². The zero-order chi connectivity index (χ0) is 15.4. The lowest BCUT2D eigenvalue weighted by molar-refractivity contribution is -0.384. The minimum absolute atomic E-state index is 0.0736. The number of thioether (sulfide) groups is 1. The topological polar surface area (TPSA) is 110 Å². The maximum Gasteiger partial charge on any atom is 0.327 e. The van der Waals surface area contributed by atoms with Crippen LogP contribution in [0.25, 0.3) is 0 Å². The first-order valence-electron chi connectivity index (χ1n) is 5.96. The van der Waals surface area contributed by atoms with Gasteiger partial charge in [-0.25, -0.2) is 4.79 Å². The predicted octanol–water partition coefficient (Wildman–Crippen LogP) is 0.960. The average molecular weight is 312 g/mol. The average Bonchev–Trinajstić information content (AvgIpc) is 2.95. The van der Waals surface area contributed by atoms with Gasteiger partial charge in [0, 0.05) is 17.9 Å². The van der Waals surface area contributed by atoms with Crippen LogP contribution in [0.5, 0.6) is 5.75 Å². The second kappa shape index (κ2) is 6.44. The molecule has 0 saturated carbocycles. The van der Waals surface area contributed by atoms with E-state index in [2.05, 4.69) is 0 Å². The van der Waals surface area contributed by atoms with E-state index in [4.69, 9.17) is 9.84 Å². The quantitative estimate of drug-likeness (QED) is 0.637. The number of hydrogen-bond donors (Lipinski definition) is 1. The van der Waals surface area contributed by atoms with Crippen molar-refractivity contribution in [3.8, 4) is 5.75 Å². The van der Waals surface area contributed by atoms with Gasteiger partial charge in [-0.05, 0) is 12.1 Å². The molecule has 21 heavy (non-hydrogen) atoms. The highest BCUT2D eigenvalue weighted by Gasteiger charge is 2.34. The van der Waals surface area contributed by atoms with E-state index in [0.29, 0.717) is 17.4 Å². The molecule has 1 aromatic carbocycles. The molecule has 1 amide bonds. The molecular weight excluding hydrogens is 300 g/mol. The maximum absolute atomic E-state index is 11.9. The summed E-state index contributed by atoms with van der Waals surface area (Å²) in [6.45, 7) is -0.303. The third kappa shape index (κ3) is 3.63. The second-order valence-electron chi connectivity index (χ2n) is 4.26. The van der Waals surface area contributed by atoms with E-state index in [1.807, 2.05) is 0 Å². The van der Waals surface area contributed by atoms with Gasteiger partial charge in [-0.15, -0.1) is 11.8 Å². The van der Waals surface area contributed by atoms with Gasteiger partial charge in [-0.3, -0.25) is 14.9 Å². The van der Waals surface area contributed by atoms with Crippen LogP contribution in [-0.2, 0) is 9.59 Å². The third-order valence-corrected chi connectivity index (χ3v) is 3.91. The Morgan fingerprint density at radius 1 is 1.43 bits per heavy atom. The van der Waals surface area contributed by atoms with Crippen LogP contribution < -0.4 is 4.74 Å². The molecule has 0 radical (unpaired) electrons. The molecule has 1 aromatic rings. The minimum atomic E-state index is -1.04. The molecular formula is C12H12N2O6S. The third-order valence-electron chi connectivity index (χ3n) is 2.90. The van der Waals surface area contributed by atoms with Crippen LogP contribution in [0, 0.1) is 10.1 Å². The molecule has 0 bridgehead atoms. The summed E-state index contributed by atoms with van der Waals surface area (Å²) < 4.78 is 5.23. The number of nitrogens with zero attached hydrogens (tertiary/aromatic N) is 2. The zero-order valence-electron chi connectivity index (χ0n) is 10.8. The number of rotatable bonds is 5. The smallest absolute Gasteiger partial charge is 0.327 e. The number of amides is 1. The lowest BCUT2D eigenvalue weighted by atomic mass is 10.3. The van der Waals surface area contributed by atoms with E-state index in [9.17, 15) is 19.7 Å². The van der Waals surface area contributed by atoms with Crippen molar-refractivity contribution in [2.45, 2.75) is 6.04 Å². The van der Waals surface area contributed by atoms with Crippen molar-refractivity contribution in [2.24, 2.45) is 0 Å². The second-order valence-corrected chi connectivity index (χ2v) is 5.26. The van der Waals surface area contributed by atoms with Crippen molar-refractivity contribution in [3.63, 3.8) is 0 Å². The molecule has 1 saturated heterocycles. The van der Waals surface area contributed by atoms with Gasteiger partial charge >= 0.3 is 5.97 Å². The standard InChI is InChI=1S/C12H12N2O6S/c15-11(13-7-21-6-10(13)12(16)17)5-20-9-3-1-8(2-4-9)14(18)19/h1-4,10H,5-7H2,(H,16,17). The molecule has 2 rings (SSSR count). The fourth-order valence-electron chi connectivity index (χ4n) is 1.79. The van der Waals surface area contributed by atoms with Gasteiger partial charge in [0.05, 0.1) is 10.8 Å². The molecule has 112 valence electrons. The summed E-state index contributed by atoms with van der Waals surface area (Å²) in [5.74, 6) is -0.472. The first kappa shape index (κ1) is 15.1. The number of nitro benzene ring substituents is 1. The van der Waals surface area contributed by atoms with Crippen molar-refractivity contribution in [2.75, 3.05) is 18.2 Å². The number of non-ortho nitro benzene ring substituents is 1. The van der Waals surface area contributed by atoms with Crippen LogP contribution in [0.1, 0.15) is 0 Å². The van der Waals surface area contributed by atoms with Crippen molar-refractivity contribution < 1.29 is 24.4 Å². The van der Waals surface area contributed by atoms with Crippen LogP contribution in [0.15, 0.2) is 24.3 Å². The first-order chi connectivity index (χ1) is 9.99. The predicted molar refractivity (Wildman–Crippen MR) is 74.2 cm³/mol. The number of aliphatic carboxylic acids is 1. The van der Waals surface area contributed by atoms with Gasteiger partial charge in [0.2, 0.25) is 0 Å². The molecule has 1 aliphatic rings. The largest absolute Gasteiger partial charge is 0.484 e. The molecule has 1 heterocycles. The highest BCUT2D eigenvalue weighted by molar-refractivity contribution is 7.99. The van der Waals surface area contributed by atoms with Crippen LogP contribution in [-0.4, -0.2) is 51.1 Å². The van der Waals surface area contributed by atoms with Crippen molar-refractivity contribution in [1.82, 2.24) is 4.90 Å². The molecule has 1 atom stereocenters. The molecule has 1 fully saturated rings. The number of nitro groups is 1. The molecule has 9 heteroatoms. The van der Waals surface area contributed by atoms with E-state index in [-0.39, 0.29) is 12.3 Å². The van der Waals surface area contributed by atoms with E-state index in [0.717, 1.165) is 0 Å². The number of carbonyl (C=O) groups is 2. The number of hydrogen-bond acceptors (Lipinski definition) is 6. The fraction of sp³-hybridized carbons (Fsp3) is 0.333. The van der Waals surface area contributed by atoms with E-state index in [1.54, 1.807) is 0 Å². The summed E-state index contributed by atoms with van der Waals surface area (Å²) in [5.41, 5.74) is -0.0736. The Labute approximate surface area is 123 Å².